The van der Waals surface area contributed by atoms with Crippen molar-refractivity contribution in [2.24, 2.45) is 5.41 Å². The van der Waals surface area contributed by atoms with Gasteiger partial charge in [-0.2, -0.15) is 5.26 Å². The summed E-state index contributed by atoms with van der Waals surface area (Å²) in [5.41, 5.74) is 0.629. The summed E-state index contributed by atoms with van der Waals surface area (Å²) in [6.07, 6.45) is 0.777. The first-order valence-corrected chi connectivity index (χ1v) is 5.40. The van der Waals surface area contributed by atoms with Crippen LogP contribution in [0.15, 0.2) is 24.3 Å². The SMILES string of the molecule is CC(C)(C#N)CNCCc1cccc(F)c1. The summed E-state index contributed by atoms with van der Waals surface area (Å²) in [5, 5.41) is 12.0. The molecule has 0 aliphatic heterocycles. The molecule has 1 N–H and O–H groups in total. The van der Waals surface area contributed by atoms with Gasteiger partial charge in [-0.1, -0.05) is 12.1 Å². The van der Waals surface area contributed by atoms with E-state index in [4.69, 9.17) is 5.26 Å². The Morgan fingerprint density at radius 1 is 1.44 bits per heavy atom. The van der Waals surface area contributed by atoms with Crippen molar-refractivity contribution in [2.45, 2.75) is 20.3 Å². The molecule has 0 aromatic heterocycles. The zero-order valence-electron chi connectivity index (χ0n) is 9.76. The van der Waals surface area contributed by atoms with Crippen LogP contribution in [0, 0.1) is 22.6 Å². The minimum atomic E-state index is -0.345. The number of rotatable bonds is 5. The van der Waals surface area contributed by atoms with E-state index in [1.54, 1.807) is 6.07 Å². The van der Waals surface area contributed by atoms with E-state index < -0.39 is 0 Å². The summed E-state index contributed by atoms with van der Waals surface area (Å²) in [6.45, 7) is 5.19. The quantitative estimate of drug-likeness (QED) is 0.774. The number of halogens is 1. The minimum Gasteiger partial charge on any atom is -0.315 e. The fraction of sp³-hybridized carbons (Fsp3) is 0.462. The largest absolute Gasteiger partial charge is 0.315 e. The van der Waals surface area contributed by atoms with Gasteiger partial charge < -0.3 is 5.32 Å². The molecule has 1 rings (SSSR count). The Hall–Kier alpha value is -1.40. The van der Waals surface area contributed by atoms with Crippen molar-refractivity contribution in [3.8, 4) is 6.07 Å². The molecule has 0 saturated carbocycles. The standard InChI is InChI=1S/C13H17FN2/c1-13(2,9-15)10-16-7-6-11-4-3-5-12(14)8-11/h3-5,8,16H,6-7,10H2,1-2H3. The Morgan fingerprint density at radius 2 is 2.19 bits per heavy atom. The second kappa shape index (κ2) is 5.62. The molecule has 86 valence electrons. The van der Waals surface area contributed by atoms with E-state index in [0.717, 1.165) is 18.5 Å². The summed E-state index contributed by atoms with van der Waals surface area (Å²) in [6, 6.07) is 8.82. The molecule has 3 heteroatoms. The fourth-order valence-corrected chi connectivity index (χ4v) is 1.37. The van der Waals surface area contributed by atoms with Crippen LogP contribution in [0.1, 0.15) is 19.4 Å². The molecule has 0 fully saturated rings. The smallest absolute Gasteiger partial charge is 0.123 e. The van der Waals surface area contributed by atoms with Crippen LogP contribution in [0.2, 0.25) is 0 Å². The van der Waals surface area contributed by atoms with E-state index in [0.29, 0.717) is 6.54 Å². The lowest BCUT2D eigenvalue weighted by Gasteiger charge is -2.15. The number of hydrogen-bond donors (Lipinski definition) is 1. The molecule has 1 aromatic carbocycles. The second-order valence-corrected chi connectivity index (χ2v) is 4.55. The molecule has 0 saturated heterocycles. The Morgan fingerprint density at radius 3 is 2.81 bits per heavy atom. The fourth-order valence-electron chi connectivity index (χ4n) is 1.37. The van der Waals surface area contributed by atoms with Crippen molar-refractivity contribution in [3.63, 3.8) is 0 Å². The number of nitrogens with one attached hydrogen (secondary N) is 1. The zero-order chi connectivity index (χ0) is 12.0. The molecular weight excluding hydrogens is 203 g/mol. The molecule has 0 bridgehead atoms. The molecule has 0 unspecified atom stereocenters. The van der Waals surface area contributed by atoms with E-state index in [1.165, 1.54) is 12.1 Å². The normalized spacial score (nSPS) is 11.1. The summed E-state index contributed by atoms with van der Waals surface area (Å²) >= 11 is 0. The molecule has 2 nitrogen and oxygen atoms in total. The zero-order valence-corrected chi connectivity index (χ0v) is 9.76. The number of hydrogen-bond acceptors (Lipinski definition) is 2. The summed E-state index contributed by atoms with van der Waals surface area (Å²) in [7, 11) is 0. The molecule has 1 aromatic rings. The summed E-state index contributed by atoms with van der Waals surface area (Å²) in [5.74, 6) is -0.199. The maximum Gasteiger partial charge on any atom is 0.123 e. The van der Waals surface area contributed by atoms with Gasteiger partial charge in [0.25, 0.3) is 0 Å². The van der Waals surface area contributed by atoms with Gasteiger partial charge in [-0.3, -0.25) is 0 Å². The molecular formula is C13H17FN2. The van der Waals surface area contributed by atoms with Gasteiger partial charge in [-0.25, -0.2) is 4.39 Å². The van der Waals surface area contributed by atoms with Crippen LogP contribution < -0.4 is 5.32 Å². The number of nitriles is 1. The number of benzene rings is 1. The molecule has 0 atom stereocenters. The van der Waals surface area contributed by atoms with Gasteiger partial charge in [-0.05, 0) is 44.5 Å². The average Bonchev–Trinajstić information content (AvgIpc) is 2.25. The second-order valence-electron chi connectivity index (χ2n) is 4.55. The number of nitrogens with zero attached hydrogens (tertiary/aromatic N) is 1. The lowest BCUT2D eigenvalue weighted by Crippen LogP contribution is -2.29. The third-order valence-electron chi connectivity index (χ3n) is 2.35. The van der Waals surface area contributed by atoms with Crippen molar-refractivity contribution in [1.82, 2.24) is 5.32 Å². The monoisotopic (exact) mass is 220 g/mol. The first kappa shape index (κ1) is 12.7. The maximum atomic E-state index is 12.9. The van der Waals surface area contributed by atoms with E-state index in [9.17, 15) is 4.39 Å². The molecule has 0 amide bonds. The summed E-state index contributed by atoms with van der Waals surface area (Å²) in [4.78, 5) is 0. The molecule has 0 aliphatic rings. The molecule has 16 heavy (non-hydrogen) atoms. The highest BCUT2D eigenvalue weighted by Crippen LogP contribution is 2.10. The van der Waals surface area contributed by atoms with Gasteiger partial charge in [0.15, 0.2) is 0 Å². The van der Waals surface area contributed by atoms with E-state index >= 15 is 0 Å². The van der Waals surface area contributed by atoms with Crippen LogP contribution in [0.3, 0.4) is 0 Å². The first-order valence-electron chi connectivity index (χ1n) is 5.40. The predicted molar refractivity (Wildman–Crippen MR) is 62.4 cm³/mol. The van der Waals surface area contributed by atoms with Gasteiger partial charge in [-0.15, -0.1) is 0 Å². The molecule has 0 heterocycles. The molecule has 0 spiro atoms. The molecule has 0 aliphatic carbocycles. The van der Waals surface area contributed by atoms with E-state index in [2.05, 4.69) is 11.4 Å². The van der Waals surface area contributed by atoms with Crippen molar-refractivity contribution in [3.05, 3.63) is 35.6 Å². The Kier molecular flexibility index (Phi) is 4.45. The van der Waals surface area contributed by atoms with Crippen LogP contribution in [0.5, 0.6) is 0 Å². The van der Waals surface area contributed by atoms with Gasteiger partial charge in [0.1, 0.15) is 5.82 Å². The summed E-state index contributed by atoms with van der Waals surface area (Å²) < 4.78 is 12.9. The highest BCUT2D eigenvalue weighted by atomic mass is 19.1. The maximum absolute atomic E-state index is 12.9. The topological polar surface area (TPSA) is 35.8 Å². The van der Waals surface area contributed by atoms with E-state index in [1.807, 2.05) is 19.9 Å². The predicted octanol–water partition coefficient (Wildman–Crippen LogP) is 2.51. The lowest BCUT2D eigenvalue weighted by atomic mass is 9.96. The van der Waals surface area contributed by atoms with Crippen molar-refractivity contribution >= 4 is 0 Å². The highest BCUT2D eigenvalue weighted by Gasteiger charge is 2.15. The van der Waals surface area contributed by atoms with Crippen molar-refractivity contribution < 1.29 is 4.39 Å². The van der Waals surface area contributed by atoms with Gasteiger partial charge in [0.2, 0.25) is 0 Å². The van der Waals surface area contributed by atoms with Gasteiger partial charge >= 0.3 is 0 Å². The van der Waals surface area contributed by atoms with Crippen LogP contribution >= 0.6 is 0 Å². The van der Waals surface area contributed by atoms with Crippen molar-refractivity contribution in [2.75, 3.05) is 13.1 Å². The Bertz CT molecular complexity index is 380. The van der Waals surface area contributed by atoms with Gasteiger partial charge in [0, 0.05) is 6.54 Å². The molecule has 0 radical (unpaired) electrons. The van der Waals surface area contributed by atoms with Crippen LogP contribution in [-0.4, -0.2) is 13.1 Å². The first-order chi connectivity index (χ1) is 7.53. The third kappa shape index (κ3) is 4.41. The van der Waals surface area contributed by atoms with Crippen LogP contribution in [-0.2, 0) is 6.42 Å². The van der Waals surface area contributed by atoms with Crippen molar-refractivity contribution in [1.29, 1.82) is 5.26 Å². The van der Waals surface area contributed by atoms with E-state index in [-0.39, 0.29) is 11.2 Å². The third-order valence-corrected chi connectivity index (χ3v) is 2.35. The van der Waals surface area contributed by atoms with Crippen LogP contribution in [0.4, 0.5) is 4.39 Å². The lowest BCUT2D eigenvalue weighted by molar-refractivity contribution is 0.447. The Balaban J connectivity index is 2.29. The minimum absolute atomic E-state index is 0.199. The highest BCUT2D eigenvalue weighted by molar-refractivity contribution is 5.16. The van der Waals surface area contributed by atoms with Gasteiger partial charge in [0.05, 0.1) is 11.5 Å². The Labute approximate surface area is 96.1 Å². The van der Waals surface area contributed by atoms with Crippen LogP contribution in [0.25, 0.3) is 0 Å². The average molecular weight is 220 g/mol.